The van der Waals surface area contributed by atoms with E-state index in [-0.39, 0.29) is 18.6 Å². The number of aliphatic hydroxyl groups excluding tert-OH is 1. The van der Waals surface area contributed by atoms with Gasteiger partial charge in [-0.25, -0.2) is 0 Å². The molecule has 182 valence electrons. The number of ether oxygens (including phenoxy) is 1. The first kappa shape index (κ1) is 25.7. The number of unbranched alkanes of at least 4 members (excludes halogenated alkanes) is 1. The summed E-state index contributed by atoms with van der Waals surface area (Å²) in [6, 6.07) is 16.2. The van der Waals surface area contributed by atoms with Gasteiger partial charge in [-0.15, -0.1) is 0 Å². The molecule has 0 bridgehead atoms. The van der Waals surface area contributed by atoms with Crippen molar-refractivity contribution in [2.24, 2.45) is 5.92 Å². The molecule has 1 aliphatic rings. The molecule has 1 atom stereocenters. The second kappa shape index (κ2) is 12.0. The summed E-state index contributed by atoms with van der Waals surface area (Å²) in [6.07, 6.45) is 4.78. The third-order valence-corrected chi connectivity index (χ3v) is 6.45. The molecule has 6 nitrogen and oxygen atoms in total. The van der Waals surface area contributed by atoms with Gasteiger partial charge >= 0.3 is 5.97 Å². The van der Waals surface area contributed by atoms with E-state index in [2.05, 4.69) is 49.5 Å². The van der Waals surface area contributed by atoms with E-state index < -0.39 is 12.1 Å². The lowest BCUT2D eigenvalue weighted by atomic mass is 9.88. The molecule has 2 aromatic carbocycles. The Labute approximate surface area is 202 Å². The largest absolute Gasteiger partial charge is 0.489 e. The number of rotatable bonds is 13. The SMILES string of the molecule is CC(C)(CC1Cc2ccccc2C1)NC[C@@H](O)COc1cc(CCCCC(=O)O)ccc1C#N. The van der Waals surface area contributed by atoms with E-state index in [0.29, 0.717) is 30.2 Å². The number of nitrogens with one attached hydrogen (secondary N) is 1. The van der Waals surface area contributed by atoms with Crippen molar-refractivity contribution < 1.29 is 19.7 Å². The monoisotopic (exact) mass is 464 g/mol. The number of aliphatic carboxylic acids is 1. The first-order chi connectivity index (χ1) is 16.3. The van der Waals surface area contributed by atoms with Crippen molar-refractivity contribution in [2.75, 3.05) is 13.2 Å². The van der Waals surface area contributed by atoms with Crippen LogP contribution in [0, 0.1) is 17.2 Å². The zero-order chi connectivity index (χ0) is 24.6. The molecule has 0 aliphatic heterocycles. The second-order valence-corrected chi connectivity index (χ2v) is 10.0. The van der Waals surface area contributed by atoms with Crippen LogP contribution in [0.5, 0.6) is 5.75 Å². The highest BCUT2D eigenvalue weighted by Crippen LogP contribution is 2.31. The van der Waals surface area contributed by atoms with E-state index in [1.54, 1.807) is 6.07 Å². The van der Waals surface area contributed by atoms with Crippen LogP contribution in [0.3, 0.4) is 0 Å². The Morgan fingerprint density at radius 2 is 1.91 bits per heavy atom. The maximum Gasteiger partial charge on any atom is 0.303 e. The first-order valence-corrected chi connectivity index (χ1v) is 12.1. The first-order valence-electron chi connectivity index (χ1n) is 12.1. The molecule has 0 saturated heterocycles. The van der Waals surface area contributed by atoms with Crippen LogP contribution in [-0.2, 0) is 24.1 Å². The van der Waals surface area contributed by atoms with Gasteiger partial charge < -0.3 is 20.3 Å². The molecule has 0 fully saturated rings. The van der Waals surface area contributed by atoms with Gasteiger partial charge in [0.25, 0.3) is 0 Å². The van der Waals surface area contributed by atoms with Crippen LogP contribution in [-0.4, -0.2) is 41.0 Å². The molecule has 3 N–H and O–H groups in total. The molecule has 34 heavy (non-hydrogen) atoms. The van der Waals surface area contributed by atoms with Gasteiger partial charge in [-0.1, -0.05) is 30.3 Å². The third kappa shape index (κ3) is 7.86. The molecule has 1 aliphatic carbocycles. The van der Waals surface area contributed by atoms with Crippen molar-refractivity contribution in [1.82, 2.24) is 5.32 Å². The lowest BCUT2D eigenvalue weighted by molar-refractivity contribution is -0.137. The molecule has 0 heterocycles. The maximum atomic E-state index is 10.7. The predicted octanol–water partition coefficient (Wildman–Crippen LogP) is 4.27. The number of carbonyl (C=O) groups is 1. The molecule has 6 heteroatoms. The van der Waals surface area contributed by atoms with Crippen LogP contribution in [0.25, 0.3) is 0 Å². The van der Waals surface area contributed by atoms with Gasteiger partial charge in [-0.2, -0.15) is 5.26 Å². The van der Waals surface area contributed by atoms with E-state index in [4.69, 9.17) is 9.84 Å². The molecule has 0 amide bonds. The number of aliphatic hydroxyl groups is 1. The van der Waals surface area contributed by atoms with Crippen LogP contribution in [0.15, 0.2) is 42.5 Å². The summed E-state index contributed by atoms with van der Waals surface area (Å²) in [7, 11) is 0. The fourth-order valence-corrected chi connectivity index (χ4v) is 4.77. The topological polar surface area (TPSA) is 103 Å². The highest BCUT2D eigenvalue weighted by molar-refractivity contribution is 5.66. The van der Waals surface area contributed by atoms with Crippen molar-refractivity contribution in [3.8, 4) is 11.8 Å². The third-order valence-electron chi connectivity index (χ3n) is 6.45. The van der Waals surface area contributed by atoms with Gasteiger partial charge in [0.05, 0.1) is 5.56 Å². The van der Waals surface area contributed by atoms with E-state index in [1.165, 1.54) is 11.1 Å². The Morgan fingerprint density at radius 3 is 2.56 bits per heavy atom. The molecule has 2 aromatic rings. The lowest BCUT2D eigenvalue weighted by Gasteiger charge is -2.30. The molecule has 0 spiro atoms. The van der Waals surface area contributed by atoms with Crippen LogP contribution in [0.2, 0.25) is 0 Å². The second-order valence-electron chi connectivity index (χ2n) is 10.0. The molecule has 3 rings (SSSR count). The van der Waals surface area contributed by atoms with E-state index in [9.17, 15) is 15.2 Å². The molecule has 0 unspecified atom stereocenters. The van der Waals surface area contributed by atoms with Crippen LogP contribution in [0.4, 0.5) is 0 Å². The van der Waals surface area contributed by atoms with E-state index >= 15 is 0 Å². The van der Waals surface area contributed by atoms with Crippen LogP contribution in [0.1, 0.15) is 61.8 Å². The molecular formula is C28H36N2O4. The number of carboxylic acids is 1. The van der Waals surface area contributed by atoms with Gasteiger partial charge in [0.15, 0.2) is 0 Å². The van der Waals surface area contributed by atoms with Crippen molar-refractivity contribution in [3.05, 3.63) is 64.7 Å². The standard InChI is InChI=1S/C28H36N2O4/c1-28(2,16-21-13-22-8-4-5-9-23(22)14-21)30-18-25(31)19-34-26-15-20(11-12-24(26)17-29)7-3-6-10-27(32)33/h4-5,8-9,11-12,15,21,25,30-31H,3,6-7,10,13-14,16,18-19H2,1-2H3,(H,32,33)/t25-/m1/s1. The van der Waals surface area contributed by atoms with Crippen LogP contribution >= 0.6 is 0 Å². The smallest absolute Gasteiger partial charge is 0.303 e. The minimum absolute atomic E-state index is 0.0924. The van der Waals surface area contributed by atoms with Gasteiger partial charge in [0.1, 0.15) is 24.5 Å². The zero-order valence-electron chi connectivity index (χ0n) is 20.2. The quantitative estimate of drug-likeness (QED) is 0.383. The van der Waals surface area contributed by atoms with Gasteiger partial charge in [-0.05, 0) is 87.1 Å². The average Bonchev–Trinajstić information content (AvgIpc) is 3.20. The highest BCUT2D eigenvalue weighted by atomic mass is 16.5. The zero-order valence-corrected chi connectivity index (χ0v) is 20.2. The number of hydrogen-bond donors (Lipinski definition) is 3. The molecule has 0 saturated carbocycles. The summed E-state index contributed by atoms with van der Waals surface area (Å²) in [6.45, 7) is 4.84. The summed E-state index contributed by atoms with van der Waals surface area (Å²) in [5.74, 6) is 0.271. The number of benzene rings is 2. The summed E-state index contributed by atoms with van der Waals surface area (Å²) in [5.41, 5.74) is 4.21. The number of carboxylic acid groups (broad SMARTS) is 1. The van der Waals surface area contributed by atoms with E-state index in [0.717, 1.165) is 37.7 Å². The molecular weight excluding hydrogens is 428 g/mol. The summed E-state index contributed by atoms with van der Waals surface area (Å²) < 4.78 is 5.81. The molecule has 0 radical (unpaired) electrons. The van der Waals surface area contributed by atoms with Gasteiger partial charge in [-0.3, -0.25) is 4.79 Å². The number of hydrogen-bond acceptors (Lipinski definition) is 5. The van der Waals surface area contributed by atoms with Gasteiger partial charge in [0, 0.05) is 18.5 Å². The fraction of sp³-hybridized carbons (Fsp3) is 0.500. The van der Waals surface area contributed by atoms with Crippen molar-refractivity contribution in [2.45, 2.75) is 70.4 Å². The Bertz CT molecular complexity index is 987. The predicted molar refractivity (Wildman–Crippen MR) is 132 cm³/mol. The Balaban J connectivity index is 1.44. The Hall–Kier alpha value is -2.88. The number of fused-ring (bicyclic) bond motifs is 1. The average molecular weight is 465 g/mol. The van der Waals surface area contributed by atoms with Crippen LogP contribution < -0.4 is 10.1 Å². The fourth-order valence-electron chi connectivity index (χ4n) is 4.77. The van der Waals surface area contributed by atoms with Crippen molar-refractivity contribution >= 4 is 5.97 Å². The van der Waals surface area contributed by atoms with E-state index in [1.807, 2.05) is 12.1 Å². The molecule has 0 aromatic heterocycles. The van der Waals surface area contributed by atoms with Gasteiger partial charge in [0.2, 0.25) is 0 Å². The number of nitriles is 1. The summed E-state index contributed by atoms with van der Waals surface area (Å²) in [4.78, 5) is 10.7. The van der Waals surface area contributed by atoms with Crippen molar-refractivity contribution in [1.29, 1.82) is 5.26 Å². The highest BCUT2D eigenvalue weighted by Gasteiger charge is 2.28. The summed E-state index contributed by atoms with van der Waals surface area (Å²) >= 11 is 0. The van der Waals surface area contributed by atoms with Crippen molar-refractivity contribution in [3.63, 3.8) is 0 Å². The minimum atomic E-state index is -0.789. The number of aryl methyl sites for hydroxylation is 1. The Morgan fingerprint density at radius 1 is 1.21 bits per heavy atom. The normalized spacial score (nSPS) is 14.4. The number of nitrogens with zero attached hydrogens (tertiary/aromatic N) is 1. The maximum absolute atomic E-state index is 10.7. The number of β-amino-alcohol motifs (C(OH)–C–C–N with tert-alkyl or cyclic N) is 1. The summed E-state index contributed by atoms with van der Waals surface area (Å²) in [5, 5.41) is 32.2. The minimum Gasteiger partial charge on any atom is -0.489 e. The lowest BCUT2D eigenvalue weighted by Crippen LogP contribution is -2.46. The Kier molecular flexibility index (Phi) is 9.09.